The van der Waals surface area contributed by atoms with Gasteiger partial charge >= 0.3 is 0 Å². The molecule has 0 amide bonds. The molecule has 2 rings (SSSR count). The highest BCUT2D eigenvalue weighted by Gasteiger charge is 2.17. The fourth-order valence-electron chi connectivity index (χ4n) is 2.88. The Kier molecular flexibility index (Phi) is 8.24. The number of halogens is 2. The van der Waals surface area contributed by atoms with Gasteiger partial charge in [0.25, 0.3) is 0 Å². The summed E-state index contributed by atoms with van der Waals surface area (Å²) in [7, 11) is 0. The molecule has 1 aromatic heterocycles. The molecule has 2 aromatic rings. The molecule has 0 spiro atoms. The van der Waals surface area contributed by atoms with Gasteiger partial charge in [-0.15, -0.1) is 0 Å². The Balaban J connectivity index is 2.24. The molecule has 0 saturated heterocycles. The normalized spacial score (nSPS) is 14.2. The highest BCUT2D eigenvalue weighted by Crippen LogP contribution is 2.19. The zero-order chi connectivity index (χ0) is 21.4. The van der Waals surface area contributed by atoms with Crippen molar-refractivity contribution < 1.29 is 19.0 Å². The van der Waals surface area contributed by atoms with Gasteiger partial charge in [0.05, 0.1) is 16.5 Å². The van der Waals surface area contributed by atoms with Gasteiger partial charge in [0.2, 0.25) is 5.43 Å². The van der Waals surface area contributed by atoms with E-state index in [1.54, 1.807) is 28.9 Å². The van der Waals surface area contributed by atoms with E-state index in [0.29, 0.717) is 12.1 Å². The summed E-state index contributed by atoms with van der Waals surface area (Å²) >= 11 is 0. The second-order valence-corrected chi connectivity index (χ2v) is 6.68. The molecular formula is C23H25F2NO3. The third kappa shape index (κ3) is 6.07. The molecule has 1 aromatic carbocycles. The van der Waals surface area contributed by atoms with Crippen molar-refractivity contribution in [2.75, 3.05) is 0 Å². The maximum Gasteiger partial charge on any atom is 0.200 e. The molecule has 1 unspecified atom stereocenters. The number of pyridine rings is 1. The Bertz CT molecular complexity index is 1020. The maximum atomic E-state index is 14.2. The van der Waals surface area contributed by atoms with Crippen molar-refractivity contribution in [3.8, 4) is 0 Å². The second kappa shape index (κ2) is 10.6. The fraction of sp³-hybridized carbons (Fsp3) is 0.261. The Hall–Kier alpha value is -2.83. The Morgan fingerprint density at radius 3 is 2.69 bits per heavy atom. The molecule has 2 N–H and O–H groups in total. The average molecular weight is 401 g/mol. The van der Waals surface area contributed by atoms with E-state index < -0.39 is 17.5 Å². The zero-order valence-corrected chi connectivity index (χ0v) is 16.4. The standard InChI is InChI=1S/C23H25F2NO3/c1-3-4-5-10-17(24)11-7-6-9-16(2)14-26-15-18(23(28)29)22(27)21-19(25)12-8-13-20(21)26/h4-13,15-16,23,28-29H,3,14H2,1-2H3/b5-4+,9-6+,11-7-,17-10+. The number of nitrogens with zero attached hydrogens (tertiary/aromatic N) is 1. The van der Waals surface area contributed by atoms with Gasteiger partial charge in [0.15, 0.2) is 6.29 Å². The zero-order valence-electron chi connectivity index (χ0n) is 16.4. The highest BCUT2D eigenvalue weighted by molar-refractivity contribution is 5.80. The number of rotatable bonds is 8. The fourth-order valence-corrected chi connectivity index (χ4v) is 2.88. The average Bonchev–Trinajstić information content (AvgIpc) is 2.67. The molecule has 6 heteroatoms. The van der Waals surface area contributed by atoms with Crippen LogP contribution >= 0.6 is 0 Å². The molecule has 1 atom stereocenters. The number of aliphatic hydroxyl groups excluding tert-OH is 1. The number of hydrogen-bond donors (Lipinski definition) is 2. The van der Waals surface area contributed by atoms with Crippen LogP contribution in [0, 0.1) is 11.7 Å². The van der Waals surface area contributed by atoms with Gasteiger partial charge in [0.1, 0.15) is 11.6 Å². The van der Waals surface area contributed by atoms with Crippen molar-refractivity contribution in [1.29, 1.82) is 0 Å². The number of fused-ring (bicyclic) bond motifs is 1. The van der Waals surface area contributed by atoms with Crippen LogP contribution in [0.4, 0.5) is 8.78 Å². The van der Waals surface area contributed by atoms with Gasteiger partial charge in [-0.1, -0.05) is 50.3 Å². The van der Waals surface area contributed by atoms with Crippen molar-refractivity contribution in [3.63, 3.8) is 0 Å². The lowest BCUT2D eigenvalue weighted by atomic mass is 10.1. The SMILES string of the molecule is CC/C=C/C=C(F)\C=C/C=C/C(C)Cn1cc(C(O)O)c(=O)c2c(F)cccc21. The lowest BCUT2D eigenvalue weighted by molar-refractivity contribution is -0.0435. The molecule has 0 saturated carbocycles. The van der Waals surface area contributed by atoms with Crippen molar-refractivity contribution in [1.82, 2.24) is 4.57 Å². The minimum atomic E-state index is -2.00. The number of allylic oxidation sites excluding steroid dienone is 8. The van der Waals surface area contributed by atoms with Gasteiger partial charge in [-0.3, -0.25) is 4.79 Å². The second-order valence-electron chi connectivity index (χ2n) is 6.68. The molecule has 0 bridgehead atoms. The van der Waals surface area contributed by atoms with Gasteiger partial charge in [-0.05, 0) is 36.6 Å². The molecule has 0 fully saturated rings. The van der Waals surface area contributed by atoms with Crippen molar-refractivity contribution in [3.05, 3.63) is 94.4 Å². The molecule has 0 aliphatic carbocycles. The summed E-state index contributed by atoms with van der Waals surface area (Å²) in [5.41, 5.74) is -0.659. The third-order valence-electron chi connectivity index (χ3n) is 4.28. The molecular weight excluding hydrogens is 376 g/mol. The van der Waals surface area contributed by atoms with Crippen LogP contribution in [0.2, 0.25) is 0 Å². The predicted molar refractivity (Wildman–Crippen MR) is 111 cm³/mol. The lowest BCUT2D eigenvalue weighted by Gasteiger charge is -2.16. The van der Waals surface area contributed by atoms with Crippen LogP contribution in [-0.4, -0.2) is 14.8 Å². The van der Waals surface area contributed by atoms with E-state index in [9.17, 15) is 23.8 Å². The van der Waals surface area contributed by atoms with Crippen molar-refractivity contribution >= 4 is 10.9 Å². The summed E-state index contributed by atoms with van der Waals surface area (Å²) in [5, 5.41) is 18.8. The predicted octanol–water partition coefficient (Wildman–Crippen LogP) is 4.69. The maximum absolute atomic E-state index is 14.2. The highest BCUT2D eigenvalue weighted by atomic mass is 19.1. The van der Waals surface area contributed by atoms with Gasteiger partial charge in [0, 0.05) is 12.7 Å². The first-order chi connectivity index (χ1) is 13.8. The Morgan fingerprint density at radius 1 is 1.24 bits per heavy atom. The van der Waals surface area contributed by atoms with E-state index in [1.165, 1.54) is 24.4 Å². The van der Waals surface area contributed by atoms with Crippen molar-refractivity contribution in [2.24, 2.45) is 5.92 Å². The summed E-state index contributed by atoms with van der Waals surface area (Å²) in [5.74, 6) is -1.13. The van der Waals surface area contributed by atoms with E-state index in [4.69, 9.17) is 0 Å². The summed E-state index contributed by atoms with van der Waals surface area (Å²) in [4.78, 5) is 12.4. The van der Waals surface area contributed by atoms with Crippen LogP contribution in [0.25, 0.3) is 10.9 Å². The van der Waals surface area contributed by atoms with Crippen LogP contribution in [-0.2, 0) is 6.54 Å². The number of aromatic nitrogens is 1. The van der Waals surface area contributed by atoms with E-state index in [1.807, 2.05) is 26.0 Å². The van der Waals surface area contributed by atoms with E-state index >= 15 is 0 Å². The summed E-state index contributed by atoms with van der Waals surface area (Å²) in [6.07, 6.45) is 11.5. The number of hydrogen-bond acceptors (Lipinski definition) is 3. The third-order valence-corrected chi connectivity index (χ3v) is 4.28. The largest absolute Gasteiger partial charge is 0.364 e. The van der Waals surface area contributed by atoms with Crippen LogP contribution in [0.3, 0.4) is 0 Å². The Labute approximate surface area is 168 Å². The Morgan fingerprint density at radius 2 is 2.00 bits per heavy atom. The van der Waals surface area contributed by atoms with Gasteiger partial charge in [-0.2, -0.15) is 0 Å². The van der Waals surface area contributed by atoms with Gasteiger partial charge in [-0.25, -0.2) is 8.78 Å². The summed E-state index contributed by atoms with van der Waals surface area (Å²) in [6, 6.07) is 4.26. The molecule has 0 aliphatic heterocycles. The van der Waals surface area contributed by atoms with Crippen LogP contribution in [0.15, 0.2) is 77.5 Å². The molecule has 1 heterocycles. The van der Waals surface area contributed by atoms with E-state index in [-0.39, 0.29) is 22.7 Å². The number of aliphatic hydroxyl groups is 2. The van der Waals surface area contributed by atoms with E-state index in [2.05, 4.69) is 0 Å². The topological polar surface area (TPSA) is 62.5 Å². The minimum absolute atomic E-state index is 0.0515. The smallest absolute Gasteiger partial charge is 0.200 e. The molecule has 154 valence electrons. The summed E-state index contributed by atoms with van der Waals surface area (Å²) < 4.78 is 29.4. The quantitative estimate of drug-likeness (QED) is 0.498. The van der Waals surface area contributed by atoms with Crippen LogP contribution in [0.5, 0.6) is 0 Å². The van der Waals surface area contributed by atoms with Crippen LogP contribution < -0.4 is 5.43 Å². The first kappa shape index (κ1) is 22.5. The molecule has 29 heavy (non-hydrogen) atoms. The molecule has 0 aliphatic rings. The minimum Gasteiger partial charge on any atom is -0.364 e. The summed E-state index contributed by atoms with van der Waals surface area (Å²) in [6.45, 7) is 4.23. The first-order valence-electron chi connectivity index (χ1n) is 9.40. The first-order valence-corrected chi connectivity index (χ1v) is 9.40. The monoisotopic (exact) mass is 401 g/mol. The lowest BCUT2D eigenvalue weighted by Crippen LogP contribution is -2.20. The number of benzene rings is 1. The van der Waals surface area contributed by atoms with Gasteiger partial charge < -0.3 is 14.8 Å². The molecule has 0 radical (unpaired) electrons. The molecule has 4 nitrogen and oxygen atoms in total. The van der Waals surface area contributed by atoms with Crippen molar-refractivity contribution in [2.45, 2.75) is 33.1 Å². The van der Waals surface area contributed by atoms with E-state index in [0.717, 1.165) is 12.5 Å². The van der Waals surface area contributed by atoms with Crippen LogP contribution in [0.1, 0.15) is 32.1 Å².